The van der Waals surface area contributed by atoms with Gasteiger partial charge in [-0.1, -0.05) is 0 Å². The zero-order chi connectivity index (χ0) is 13.1. The number of morpholine rings is 1. The molecule has 1 saturated heterocycles. The number of nitrogens with zero attached hydrogens (tertiary/aromatic N) is 4. The average Bonchev–Trinajstić information content (AvgIpc) is 2.96. The maximum Gasteiger partial charge on any atom is 0.0756 e. The molecule has 0 aromatic carbocycles. The fraction of sp³-hybridized carbons (Fsp3) is 0.462. The Kier molecular flexibility index (Phi) is 3.52. The Morgan fingerprint density at radius 3 is 3.11 bits per heavy atom. The Morgan fingerprint density at radius 1 is 1.42 bits per heavy atom. The Bertz CT molecular complexity index is 510. The van der Waals surface area contributed by atoms with Crippen LogP contribution in [0, 0.1) is 6.92 Å². The number of H-pyrrole nitrogens is 1. The van der Waals surface area contributed by atoms with Gasteiger partial charge in [0.15, 0.2) is 0 Å². The van der Waals surface area contributed by atoms with Crippen LogP contribution >= 0.6 is 0 Å². The lowest BCUT2D eigenvalue weighted by Crippen LogP contribution is -2.39. The molecule has 19 heavy (non-hydrogen) atoms. The van der Waals surface area contributed by atoms with Crippen LogP contribution in [0.3, 0.4) is 0 Å². The van der Waals surface area contributed by atoms with E-state index in [9.17, 15) is 0 Å². The zero-order valence-corrected chi connectivity index (χ0v) is 10.9. The molecule has 3 heterocycles. The average molecular weight is 259 g/mol. The van der Waals surface area contributed by atoms with Gasteiger partial charge >= 0.3 is 0 Å². The molecule has 1 atom stereocenters. The van der Waals surface area contributed by atoms with E-state index in [2.05, 4.69) is 25.1 Å². The van der Waals surface area contributed by atoms with E-state index in [0.29, 0.717) is 6.61 Å². The normalized spacial score (nSPS) is 20.6. The maximum atomic E-state index is 5.57. The largest absolute Gasteiger partial charge is 0.378 e. The van der Waals surface area contributed by atoms with Crippen LogP contribution < -0.4 is 0 Å². The predicted molar refractivity (Wildman–Crippen MR) is 69.3 cm³/mol. The van der Waals surface area contributed by atoms with Gasteiger partial charge in [-0.05, 0) is 13.0 Å². The summed E-state index contributed by atoms with van der Waals surface area (Å²) >= 11 is 0. The van der Waals surface area contributed by atoms with Crippen molar-refractivity contribution in [3.63, 3.8) is 0 Å². The molecule has 3 rings (SSSR count). The highest BCUT2D eigenvalue weighted by Crippen LogP contribution is 2.23. The molecule has 1 aliphatic rings. The first-order valence-corrected chi connectivity index (χ1v) is 6.41. The smallest absolute Gasteiger partial charge is 0.0756 e. The Labute approximate surface area is 111 Å². The van der Waals surface area contributed by atoms with Crippen molar-refractivity contribution in [3.8, 4) is 0 Å². The van der Waals surface area contributed by atoms with E-state index >= 15 is 0 Å². The molecule has 2 aromatic heterocycles. The predicted octanol–water partition coefficient (Wildman–Crippen LogP) is 1.08. The second-order valence-electron chi connectivity index (χ2n) is 4.72. The van der Waals surface area contributed by atoms with E-state index in [4.69, 9.17) is 4.74 Å². The number of nitrogens with one attached hydrogen (secondary N) is 1. The topological polar surface area (TPSA) is 66.9 Å². The summed E-state index contributed by atoms with van der Waals surface area (Å²) in [5.41, 5.74) is 3.01. The zero-order valence-electron chi connectivity index (χ0n) is 10.9. The van der Waals surface area contributed by atoms with Crippen molar-refractivity contribution in [3.05, 3.63) is 41.7 Å². The number of aryl methyl sites for hydroxylation is 1. The first-order valence-electron chi connectivity index (χ1n) is 6.41. The molecule has 100 valence electrons. The number of ether oxygens (including phenoxy) is 1. The minimum Gasteiger partial charge on any atom is -0.378 e. The molecule has 0 bridgehead atoms. The summed E-state index contributed by atoms with van der Waals surface area (Å²) in [6.45, 7) is 5.05. The summed E-state index contributed by atoms with van der Waals surface area (Å²) in [7, 11) is 0. The van der Waals surface area contributed by atoms with Crippen molar-refractivity contribution in [1.82, 2.24) is 25.1 Å². The van der Waals surface area contributed by atoms with E-state index in [-0.39, 0.29) is 6.04 Å². The molecule has 0 radical (unpaired) electrons. The number of hydrogen-bond acceptors (Lipinski definition) is 5. The van der Waals surface area contributed by atoms with Crippen LogP contribution in [-0.4, -0.2) is 44.8 Å². The van der Waals surface area contributed by atoms with E-state index in [0.717, 1.165) is 36.8 Å². The van der Waals surface area contributed by atoms with E-state index in [1.807, 2.05) is 19.2 Å². The highest BCUT2D eigenvalue weighted by Gasteiger charge is 2.25. The fourth-order valence-electron chi connectivity index (χ4n) is 2.28. The lowest BCUT2D eigenvalue weighted by molar-refractivity contribution is -0.0148. The van der Waals surface area contributed by atoms with Crippen molar-refractivity contribution < 1.29 is 4.74 Å². The molecule has 1 N–H and O–H groups in total. The lowest BCUT2D eigenvalue weighted by Gasteiger charge is -2.34. The molecule has 6 heteroatoms. The van der Waals surface area contributed by atoms with Gasteiger partial charge in [0.25, 0.3) is 0 Å². The van der Waals surface area contributed by atoms with Crippen molar-refractivity contribution in [1.29, 1.82) is 0 Å². The number of aromatic nitrogens is 4. The third kappa shape index (κ3) is 2.80. The molecule has 6 nitrogen and oxygen atoms in total. The van der Waals surface area contributed by atoms with Gasteiger partial charge in [-0.3, -0.25) is 20.0 Å². The minimum atomic E-state index is 0.208. The Hall–Kier alpha value is -1.79. The number of hydrogen-bond donors (Lipinski definition) is 1. The van der Waals surface area contributed by atoms with Crippen LogP contribution in [-0.2, 0) is 11.3 Å². The highest BCUT2D eigenvalue weighted by molar-refractivity contribution is 5.08. The quantitative estimate of drug-likeness (QED) is 0.893. The van der Waals surface area contributed by atoms with Gasteiger partial charge in [0.05, 0.1) is 36.3 Å². The van der Waals surface area contributed by atoms with E-state index in [1.165, 1.54) is 0 Å². The van der Waals surface area contributed by atoms with Gasteiger partial charge in [0.1, 0.15) is 0 Å². The van der Waals surface area contributed by atoms with Crippen LogP contribution in [0.4, 0.5) is 0 Å². The van der Waals surface area contributed by atoms with Gasteiger partial charge in [-0.2, -0.15) is 5.10 Å². The summed E-state index contributed by atoms with van der Waals surface area (Å²) in [6, 6.07) is 2.20. The molecule has 1 unspecified atom stereocenters. The standard InChI is InChI=1S/C13H17N5O/c1-10-6-15-11(7-14-10)8-18-4-5-19-9-13(18)12-2-3-16-17-12/h2-3,6-7,13H,4-5,8-9H2,1H3,(H,16,17). The SMILES string of the molecule is Cc1cnc(CN2CCOCC2c2ccn[nH]2)cn1. The van der Waals surface area contributed by atoms with Crippen molar-refractivity contribution in [2.24, 2.45) is 0 Å². The molecule has 2 aromatic rings. The van der Waals surface area contributed by atoms with Crippen molar-refractivity contribution >= 4 is 0 Å². The third-order valence-electron chi connectivity index (χ3n) is 3.32. The summed E-state index contributed by atoms with van der Waals surface area (Å²) in [4.78, 5) is 11.1. The first kappa shape index (κ1) is 12.3. The Morgan fingerprint density at radius 2 is 2.37 bits per heavy atom. The second-order valence-corrected chi connectivity index (χ2v) is 4.72. The summed E-state index contributed by atoms with van der Waals surface area (Å²) in [5, 5.41) is 7.04. The summed E-state index contributed by atoms with van der Waals surface area (Å²) in [5.74, 6) is 0. The Balaban J connectivity index is 1.75. The van der Waals surface area contributed by atoms with E-state index < -0.39 is 0 Å². The minimum absolute atomic E-state index is 0.208. The van der Waals surface area contributed by atoms with Crippen molar-refractivity contribution in [2.45, 2.75) is 19.5 Å². The van der Waals surface area contributed by atoms with Crippen LogP contribution in [0.2, 0.25) is 0 Å². The van der Waals surface area contributed by atoms with Gasteiger partial charge in [-0.25, -0.2) is 0 Å². The molecular weight excluding hydrogens is 242 g/mol. The molecule has 0 spiro atoms. The fourth-order valence-corrected chi connectivity index (χ4v) is 2.28. The van der Waals surface area contributed by atoms with Gasteiger partial charge < -0.3 is 4.74 Å². The van der Waals surface area contributed by atoms with Crippen LogP contribution in [0.1, 0.15) is 23.1 Å². The molecule has 1 aliphatic heterocycles. The van der Waals surface area contributed by atoms with Gasteiger partial charge in [-0.15, -0.1) is 0 Å². The molecule has 0 saturated carbocycles. The van der Waals surface area contributed by atoms with E-state index in [1.54, 1.807) is 12.4 Å². The second kappa shape index (κ2) is 5.46. The molecule has 0 amide bonds. The first-order chi connectivity index (χ1) is 9.33. The summed E-state index contributed by atoms with van der Waals surface area (Å²) < 4.78 is 5.57. The van der Waals surface area contributed by atoms with Crippen LogP contribution in [0.5, 0.6) is 0 Å². The summed E-state index contributed by atoms with van der Waals surface area (Å²) in [6.07, 6.45) is 5.42. The molecule has 0 aliphatic carbocycles. The monoisotopic (exact) mass is 259 g/mol. The molecular formula is C13H17N5O. The third-order valence-corrected chi connectivity index (χ3v) is 3.32. The van der Waals surface area contributed by atoms with Crippen LogP contribution in [0.15, 0.2) is 24.7 Å². The highest BCUT2D eigenvalue weighted by atomic mass is 16.5. The number of rotatable bonds is 3. The van der Waals surface area contributed by atoms with Gasteiger partial charge in [0.2, 0.25) is 0 Å². The lowest BCUT2D eigenvalue weighted by atomic mass is 10.1. The van der Waals surface area contributed by atoms with Crippen LogP contribution in [0.25, 0.3) is 0 Å². The van der Waals surface area contributed by atoms with Gasteiger partial charge in [0, 0.05) is 31.7 Å². The molecule has 1 fully saturated rings. The number of aromatic amines is 1. The van der Waals surface area contributed by atoms with Crippen molar-refractivity contribution in [2.75, 3.05) is 19.8 Å². The maximum absolute atomic E-state index is 5.57.